The fraction of sp³-hybridized carbons (Fsp3) is 0.364. The highest BCUT2D eigenvalue weighted by Gasteiger charge is 2.11. The van der Waals surface area contributed by atoms with E-state index in [0.717, 1.165) is 0 Å². The van der Waals surface area contributed by atoms with Crippen molar-refractivity contribution in [3.63, 3.8) is 0 Å². The lowest BCUT2D eigenvalue weighted by Crippen LogP contribution is -2.20. The number of nitrogens with one attached hydrogen (secondary N) is 1. The van der Waals surface area contributed by atoms with Gasteiger partial charge in [0.25, 0.3) is 0 Å². The zero-order chi connectivity index (χ0) is 14.0. The normalized spacial score (nSPS) is 12.6. The van der Waals surface area contributed by atoms with Crippen molar-refractivity contribution >= 4 is 28.7 Å². The first-order valence-corrected chi connectivity index (χ1v) is 6.01. The standard InChI is InChI=1S/C11H13ClN4O3/c1-6(17)5-16-14-9-3-8(12)2-7(10(9)15-16)4-13-11(18)19/h2-3,6,13,17H,4-5H2,1H3,(H,18,19). The Bertz CT molecular complexity index is 611. The highest BCUT2D eigenvalue weighted by molar-refractivity contribution is 6.31. The van der Waals surface area contributed by atoms with Crippen LogP contribution in [0.2, 0.25) is 5.02 Å². The van der Waals surface area contributed by atoms with Crippen LogP contribution in [0, 0.1) is 0 Å². The average Bonchev–Trinajstić information content (AvgIpc) is 2.66. The van der Waals surface area contributed by atoms with E-state index >= 15 is 0 Å². The summed E-state index contributed by atoms with van der Waals surface area (Å²) in [5.74, 6) is 0. The Balaban J connectivity index is 2.38. The van der Waals surface area contributed by atoms with E-state index in [9.17, 15) is 9.90 Å². The molecule has 1 aromatic heterocycles. The summed E-state index contributed by atoms with van der Waals surface area (Å²) in [7, 11) is 0. The summed E-state index contributed by atoms with van der Waals surface area (Å²) in [4.78, 5) is 11.9. The largest absolute Gasteiger partial charge is 0.465 e. The minimum Gasteiger partial charge on any atom is -0.465 e. The molecule has 1 amide bonds. The van der Waals surface area contributed by atoms with Gasteiger partial charge in [-0.25, -0.2) is 4.79 Å². The third-order valence-corrected chi connectivity index (χ3v) is 2.65. The smallest absolute Gasteiger partial charge is 0.404 e. The molecule has 0 aliphatic rings. The fourth-order valence-electron chi connectivity index (χ4n) is 1.72. The zero-order valence-electron chi connectivity index (χ0n) is 10.2. The van der Waals surface area contributed by atoms with Crippen LogP contribution in [-0.4, -0.2) is 37.4 Å². The van der Waals surface area contributed by atoms with Gasteiger partial charge >= 0.3 is 6.09 Å². The van der Waals surface area contributed by atoms with Crippen molar-refractivity contribution in [3.05, 3.63) is 22.7 Å². The van der Waals surface area contributed by atoms with E-state index in [1.165, 1.54) is 4.80 Å². The van der Waals surface area contributed by atoms with Gasteiger partial charge in [0.15, 0.2) is 0 Å². The Kier molecular flexibility index (Phi) is 3.87. The summed E-state index contributed by atoms with van der Waals surface area (Å²) < 4.78 is 0. The molecule has 2 aromatic rings. The maximum Gasteiger partial charge on any atom is 0.404 e. The predicted octanol–water partition coefficient (Wildman–Crippen LogP) is 1.23. The van der Waals surface area contributed by atoms with Crippen molar-refractivity contribution in [2.75, 3.05) is 0 Å². The third-order valence-electron chi connectivity index (χ3n) is 2.43. The number of hydrogen-bond donors (Lipinski definition) is 3. The van der Waals surface area contributed by atoms with E-state index in [0.29, 0.717) is 21.6 Å². The molecule has 0 spiro atoms. The highest BCUT2D eigenvalue weighted by Crippen LogP contribution is 2.21. The van der Waals surface area contributed by atoms with Crippen LogP contribution < -0.4 is 5.32 Å². The monoisotopic (exact) mass is 284 g/mol. The number of halogens is 1. The number of amides is 1. The molecule has 0 saturated heterocycles. The first-order valence-electron chi connectivity index (χ1n) is 5.64. The molecule has 8 heteroatoms. The quantitative estimate of drug-likeness (QED) is 0.784. The third kappa shape index (κ3) is 3.33. The van der Waals surface area contributed by atoms with Gasteiger partial charge in [0.1, 0.15) is 11.0 Å². The van der Waals surface area contributed by atoms with E-state index in [4.69, 9.17) is 16.7 Å². The van der Waals surface area contributed by atoms with E-state index in [1.54, 1.807) is 19.1 Å². The van der Waals surface area contributed by atoms with Crippen LogP contribution in [0.1, 0.15) is 12.5 Å². The van der Waals surface area contributed by atoms with Crippen LogP contribution in [0.3, 0.4) is 0 Å². The Morgan fingerprint density at radius 3 is 2.89 bits per heavy atom. The maximum absolute atomic E-state index is 10.5. The van der Waals surface area contributed by atoms with Crippen molar-refractivity contribution < 1.29 is 15.0 Å². The predicted molar refractivity (Wildman–Crippen MR) is 69.1 cm³/mol. The first kappa shape index (κ1) is 13.6. The minimum atomic E-state index is -1.12. The van der Waals surface area contributed by atoms with Crippen molar-refractivity contribution in [1.29, 1.82) is 0 Å². The number of carboxylic acid groups (broad SMARTS) is 1. The maximum atomic E-state index is 10.5. The van der Waals surface area contributed by atoms with E-state index in [-0.39, 0.29) is 13.1 Å². The van der Waals surface area contributed by atoms with Crippen LogP contribution in [0.25, 0.3) is 11.0 Å². The molecule has 1 aromatic carbocycles. The van der Waals surface area contributed by atoms with Gasteiger partial charge in [-0.1, -0.05) is 11.6 Å². The Morgan fingerprint density at radius 1 is 1.53 bits per heavy atom. The molecule has 0 fully saturated rings. The van der Waals surface area contributed by atoms with Gasteiger partial charge in [0.05, 0.1) is 12.6 Å². The minimum absolute atomic E-state index is 0.0970. The summed E-state index contributed by atoms with van der Waals surface area (Å²) in [6.45, 7) is 1.99. The van der Waals surface area contributed by atoms with Gasteiger partial charge < -0.3 is 15.5 Å². The molecule has 3 N–H and O–H groups in total. The van der Waals surface area contributed by atoms with Crippen LogP contribution in [0.15, 0.2) is 12.1 Å². The second-order valence-electron chi connectivity index (χ2n) is 4.20. The lowest BCUT2D eigenvalue weighted by atomic mass is 10.2. The Morgan fingerprint density at radius 2 is 2.26 bits per heavy atom. The second kappa shape index (κ2) is 5.41. The summed E-state index contributed by atoms with van der Waals surface area (Å²) >= 11 is 5.95. The number of aromatic nitrogens is 3. The molecule has 1 unspecified atom stereocenters. The van der Waals surface area contributed by atoms with E-state index in [2.05, 4.69) is 15.5 Å². The molecule has 0 saturated carbocycles. The molecule has 1 heterocycles. The molecule has 7 nitrogen and oxygen atoms in total. The summed E-state index contributed by atoms with van der Waals surface area (Å²) in [6, 6.07) is 3.29. The number of benzene rings is 1. The molecule has 2 rings (SSSR count). The summed E-state index contributed by atoms with van der Waals surface area (Å²) in [5, 5.41) is 29.1. The molecular weight excluding hydrogens is 272 g/mol. The number of nitrogens with zero attached hydrogens (tertiary/aromatic N) is 3. The van der Waals surface area contributed by atoms with Gasteiger partial charge in [-0.2, -0.15) is 15.0 Å². The molecule has 19 heavy (non-hydrogen) atoms. The molecule has 102 valence electrons. The number of aliphatic hydroxyl groups is 1. The average molecular weight is 285 g/mol. The number of rotatable bonds is 4. The zero-order valence-corrected chi connectivity index (χ0v) is 10.9. The fourth-order valence-corrected chi connectivity index (χ4v) is 1.95. The Hall–Kier alpha value is -1.86. The summed E-state index contributed by atoms with van der Waals surface area (Å²) in [5.41, 5.74) is 1.77. The van der Waals surface area contributed by atoms with E-state index < -0.39 is 12.2 Å². The first-order chi connectivity index (χ1) is 8.95. The lowest BCUT2D eigenvalue weighted by Gasteiger charge is -2.02. The SMILES string of the molecule is CC(O)Cn1nc2cc(Cl)cc(CNC(=O)O)c2n1. The highest BCUT2D eigenvalue weighted by atomic mass is 35.5. The molecule has 0 radical (unpaired) electrons. The number of carbonyl (C=O) groups is 1. The van der Waals surface area contributed by atoms with Gasteiger partial charge in [-0.05, 0) is 19.1 Å². The Labute approximate surface area is 113 Å². The molecule has 1 atom stereocenters. The molecule has 0 aliphatic carbocycles. The number of hydrogen-bond acceptors (Lipinski definition) is 4. The van der Waals surface area contributed by atoms with Crippen molar-refractivity contribution in [1.82, 2.24) is 20.3 Å². The van der Waals surface area contributed by atoms with Crippen molar-refractivity contribution in [2.45, 2.75) is 26.1 Å². The molecule has 0 aliphatic heterocycles. The second-order valence-corrected chi connectivity index (χ2v) is 4.63. The van der Waals surface area contributed by atoms with Crippen LogP contribution in [0.5, 0.6) is 0 Å². The van der Waals surface area contributed by atoms with Gasteiger partial charge in [-0.15, -0.1) is 0 Å². The topological polar surface area (TPSA) is 100 Å². The molecular formula is C11H13ClN4O3. The van der Waals surface area contributed by atoms with Gasteiger partial charge in [0.2, 0.25) is 0 Å². The van der Waals surface area contributed by atoms with Crippen LogP contribution in [0.4, 0.5) is 4.79 Å². The van der Waals surface area contributed by atoms with Crippen LogP contribution >= 0.6 is 11.6 Å². The van der Waals surface area contributed by atoms with Crippen LogP contribution in [-0.2, 0) is 13.1 Å². The van der Waals surface area contributed by atoms with Gasteiger partial charge in [0, 0.05) is 17.1 Å². The number of fused-ring (bicyclic) bond motifs is 1. The lowest BCUT2D eigenvalue weighted by molar-refractivity contribution is 0.162. The number of aliphatic hydroxyl groups excluding tert-OH is 1. The van der Waals surface area contributed by atoms with Crippen molar-refractivity contribution in [2.24, 2.45) is 0 Å². The molecule has 0 bridgehead atoms. The van der Waals surface area contributed by atoms with E-state index in [1.807, 2.05) is 0 Å². The van der Waals surface area contributed by atoms with Gasteiger partial charge in [-0.3, -0.25) is 0 Å². The van der Waals surface area contributed by atoms with Crippen molar-refractivity contribution in [3.8, 4) is 0 Å². The summed E-state index contributed by atoms with van der Waals surface area (Å²) in [6.07, 6.45) is -1.69.